The third-order valence-corrected chi connectivity index (χ3v) is 3.09. The van der Waals surface area contributed by atoms with Gasteiger partial charge in [0.15, 0.2) is 0 Å². The molecule has 1 aromatic heterocycles. The minimum atomic E-state index is -1.06. The standard InChI is InChI=1S/C12H10ClN3O4/c1-6(12(17)18)15-11-10-7(4-5-14-11)9(16(19)20)3-2-8(10)13/h2-6H,1H3,(H,14,15)(H,17,18). The van der Waals surface area contributed by atoms with Gasteiger partial charge in [0, 0.05) is 17.6 Å². The van der Waals surface area contributed by atoms with E-state index in [9.17, 15) is 14.9 Å². The van der Waals surface area contributed by atoms with Crippen molar-refractivity contribution in [3.8, 4) is 0 Å². The van der Waals surface area contributed by atoms with E-state index in [1.165, 1.54) is 31.3 Å². The number of benzene rings is 1. The van der Waals surface area contributed by atoms with E-state index in [-0.39, 0.29) is 16.5 Å². The molecule has 104 valence electrons. The summed E-state index contributed by atoms with van der Waals surface area (Å²) in [6, 6.07) is 3.26. The molecule has 0 aliphatic carbocycles. The van der Waals surface area contributed by atoms with E-state index >= 15 is 0 Å². The molecule has 0 aliphatic heterocycles. The van der Waals surface area contributed by atoms with Crippen molar-refractivity contribution in [2.75, 3.05) is 5.32 Å². The molecule has 0 spiro atoms. The van der Waals surface area contributed by atoms with E-state index in [0.29, 0.717) is 10.8 Å². The number of nitrogens with zero attached hydrogens (tertiary/aromatic N) is 2. The summed E-state index contributed by atoms with van der Waals surface area (Å²) in [5.74, 6) is -0.864. The fourth-order valence-corrected chi connectivity index (χ4v) is 2.03. The molecule has 0 fully saturated rings. The Labute approximate surface area is 118 Å². The number of carboxylic acid groups (broad SMARTS) is 1. The smallest absolute Gasteiger partial charge is 0.325 e. The van der Waals surface area contributed by atoms with Crippen molar-refractivity contribution in [3.63, 3.8) is 0 Å². The van der Waals surface area contributed by atoms with Crippen molar-refractivity contribution in [3.05, 3.63) is 39.5 Å². The molecule has 20 heavy (non-hydrogen) atoms. The van der Waals surface area contributed by atoms with Gasteiger partial charge in [-0.25, -0.2) is 4.98 Å². The molecule has 0 bridgehead atoms. The molecule has 1 aromatic carbocycles. The molecular weight excluding hydrogens is 286 g/mol. The number of anilines is 1. The topological polar surface area (TPSA) is 105 Å². The Kier molecular flexibility index (Phi) is 3.71. The molecule has 0 amide bonds. The van der Waals surface area contributed by atoms with Crippen molar-refractivity contribution < 1.29 is 14.8 Å². The maximum Gasteiger partial charge on any atom is 0.325 e. The minimum Gasteiger partial charge on any atom is -0.480 e. The van der Waals surface area contributed by atoms with Crippen LogP contribution in [0.4, 0.5) is 11.5 Å². The van der Waals surface area contributed by atoms with Gasteiger partial charge in [0.1, 0.15) is 11.9 Å². The highest BCUT2D eigenvalue weighted by Gasteiger charge is 2.19. The number of hydrogen-bond donors (Lipinski definition) is 2. The highest BCUT2D eigenvalue weighted by atomic mass is 35.5. The van der Waals surface area contributed by atoms with Crippen LogP contribution in [0.1, 0.15) is 6.92 Å². The van der Waals surface area contributed by atoms with Gasteiger partial charge in [-0.3, -0.25) is 14.9 Å². The van der Waals surface area contributed by atoms with Crippen LogP contribution >= 0.6 is 11.6 Å². The molecule has 1 heterocycles. The van der Waals surface area contributed by atoms with Gasteiger partial charge in [-0.15, -0.1) is 0 Å². The molecule has 2 rings (SSSR count). The Hall–Kier alpha value is -2.41. The van der Waals surface area contributed by atoms with Crippen molar-refractivity contribution in [2.45, 2.75) is 13.0 Å². The fourth-order valence-electron chi connectivity index (χ4n) is 1.78. The van der Waals surface area contributed by atoms with Gasteiger partial charge in [-0.05, 0) is 19.1 Å². The third-order valence-electron chi connectivity index (χ3n) is 2.77. The first-order valence-electron chi connectivity index (χ1n) is 5.62. The lowest BCUT2D eigenvalue weighted by atomic mass is 10.1. The normalized spacial score (nSPS) is 12.1. The van der Waals surface area contributed by atoms with Gasteiger partial charge >= 0.3 is 5.97 Å². The average Bonchev–Trinajstić information content (AvgIpc) is 2.38. The summed E-state index contributed by atoms with van der Waals surface area (Å²) in [6.07, 6.45) is 1.36. The second-order valence-corrected chi connectivity index (χ2v) is 4.52. The Morgan fingerprint density at radius 1 is 1.50 bits per heavy atom. The van der Waals surface area contributed by atoms with E-state index in [1.807, 2.05) is 0 Å². The van der Waals surface area contributed by atoms with Crippen LogP contribution in [0.5, 0.6) is 0 Å². The maximum absolute atomic E-state index is 11.0. The number of pyridine rings is 1. The number of nitrogens with one attached hydrogen (secondary N) is 1. The second kappa shape index (κ2) is 5.30. The van der Waals surface area contributed by atoms with Gasteiger partial charge in [0.05, 0.1) is 15.3 Å². The van der Waals surface area contributed by atoms with Crippen LogP contribution in [0.2, 0.25) is 5.02 Å². The van der Waals surface area contributed by atoms with Gasteiger partial charge < -0.3 is 10.4 Å². The predicted octanol–water partition coefficient (Wildman–Crippen LogP) is 2.68. The lowest BCUT2D eigenvalue weighted by Gasteiger charge is -2.13. The molecule has 0 saturated heterocycles. The second-order valence-electron chi connectivity index (χ2n) is 4.11. The molecule has 1 atom stereocenters. The maximum atomic E-state index is 11.0. The average molecular weight is 296 g/mol. The van der Waals surface area contributed by atoms with Crippen LogP contribution in [0, 0.1) is 10.1 Å². The zero-order chi connectivity index (χ0) is 14.9. The number of carbonyl (C=O) groups is 1. The lowest BCUT2D eigenvalue weighted by Crippen LogP contribution is -2.26. The summed E-state index contributed by atoms with van der Waals surface area (Å²) in [4.78, 5) is 25.3. The molecule has 0 radical (unpaired) electrons. The summed E-state index contributed by atoms with van der Waals surface area (Å²) in [6.45, 7) is 1.44. The number of fused-ring (bicyclic) bond motifs is 1. The molecule has 0 aliphatic rings. The monoisotopic (exact) mass is 295 g/mol. The summed E-state index contributed by atoms with van der Waals surface area (Å²) in [5, 5.41) is 23.5. The summed E-state index contributed by atoms with van der Waals surface area (Å²) in [7, 11) is 0. The van der Waals surface area contributed by atoms with Crippen molar-refractivity contribution in [1.29, 1.82) is 0 Å². The highest BCUT2D eigenvalue weighted by Crippen LogP contribution is 2.35. The lowest BCUT2D eigenvalue weighted by molar-refractivity contribution is -0.383. The van der Waals surface area contributed by atoms with Crippen molar-refractivity contribution >= 4 is 39.8 Å². The third kappa shape index (κ3) is 2.48. The number of non-ortho nitro benzene ring substituents is 1. The largest absolute Gasteiger partial charge is 0.480 e. The Balaban J connectivity index is 2.65. The van der Waals surface area contributed by atoms with Gasteiger partial charge in [-0.1, -0.05) is 11.6 Å². The number of halogens is 1. The van der Waals surface area contributed by atoms with Crippen LogP contribution in [-0.4, -0.2) is 27.0 Å². The first kappa shape index (κ1) is 14.0. The van der Waals surface area contributed by atoms with Gasteiger partial charge in [0.2, 0.25) is 0 Å². The minimum absolute atomic E-state index is 0.113. The molecule has 0 saturated carbocycles. The van der Waals surface area contributed by atoms with E-state index in [4.69, 9.17) is 16.7 Å². The van der Waals surface area contributed by atoms with Crippen molar-refractivity contribution in [2.24, 2.45) is 0 Å². The molecule has 7 nitrogen and oxygen atoms in total. The van der Waals surface area contributed by atoms with Crippen LogP contribution in [0.15, 0.2) is 24.4 Å². The molecule has 1 unspecified atom stereocenters. The Morgan fingerprint density at radius 2 is 2.20 bits per heavy atom. The number of rotatable bonds is 4. The van der Waals surface area contributed by atoms with Crippen molar-refractivity contribution in [1.82, 2.24) is 4.98 Å². The van der Waals surface area contributed by atoms with Crippen LogP contribution < -0.4 is 5.32 Å². The number of carboxylic acids is 1. The Bertz CT molecular complexity index is 704. The van der Waals surface area contributed by atoms with Crippen LogP contribution in [0.3, 0.4) is 0 Å². The molecule has 2 aromatic rings. The zero-order valence-corrected chi connectivity index (χ0v) is 11.1. The summed E-state index contributed by atoms with van der Waals surface area (Å²) in [5.41, 5.74) is -0.113. The Morgan fingerprint density at radius 3 is 2.80 bits per heavy atom. The van der Waals surface area contributed by atoms with E-state index < -0.39 is 16.9 Å². The number of nitro benzene ring substituents is 1. The van der Waals surface area contributed by atoms with E-state index in [2.05, 4.69) is 10.3 Å². The van der Waals surface area contributed by atoms with Gasteiger partial charge in [0.25, 0.3) is 5.69 Å². The predicted molar refractivity (Wildman–Crippen MR) is 74.1 cm³/mol. The van der Waals surface area contributed by atoms with E-state index in [1.54, 1.807) is 0 Å². The first-order valence-corrected chi connectivity index (χ1v) is 6.00. The number of aromatic nitrogens is 1. The molecular formula is C12H10ClN3O4. The molecule has 8 heteroatoms. The SMILES string of the molecule is CC(Nc1nccc2c([N+](=O)[O-])ccc(Cl)c12)C(=O)O. The first-order chi connectivity index (χ1) is 9.41. The summed E-state index contributed by atoms with van der Waals surface area (Å²) < 4.78 is 0. The summed E-state index contributed by atoms with van der Waals surface area (Å²) >= 11 is 6.05. The number of hydrogen-bond acceptors (Lipinski definition) is 5. The highest BCUT2D eigenvalue weighted by molar-refractivity contribution is 6.37. The van der Waals surface area contributed by atoms with Gasteiger partial charge in [-0.2, -0.15) is 0 Å². The number of nitro groups is 1. The zero-order valence-electron chi connectivity index (χ0n) is 10.3. The fraction of sp³-hybridized carbons (Fsp3) is 0.167. The van der Waals surface area contributed by atoms with Crippen LogP contribution in [-0.2, 0) is 4.79 Å². The molecule has 2 N–H and O–H groups in total. The van der Waals surface area contributed by atoms with Crippen LogP contribution in [0.25, 0.3) is 10.8 Å². The van der Waals surface area contributed by atoms with E-state index in [0.717, 1.165) is 0 Å². The number of aliphatic carboxylic acids is 1. The quantitative estimate of drug-likeness (QED) is 0.663.